The molecule has 1 saturated heterocycles. The zero-order chi connectivity index (χ0) is 32.7. The number of rotatable bonds is 8. The van der Waals surface area contributed by atoms with Crippen LogP contribution < -0.4 is 16.7 Å². The number of H-pyrrole nitrogens is 1. The molecule has 0 unspecified atom stereocenters. The third kappa shape index (κ3) is 5.97. The van der Waals surface area contributed by atoms with Crippen LogP contribution in [0.15, 0.2) is 41.8 Å². The monoisotopic (exact) mass is 664 g/mol. The highest BCUT2D eigenvalue weighted by atomic mass is 35.5. The minimum Gasteiger partial charge on any atom is -0.373 e. The molecule has 5 aromatic rings. The van der Waals surface area contributed by atoms with E-state index >= 15 is 0 Å². The number of carbonyl (C=O) groups is 1. The molecule has 1 aliphatic heterocycles. The standard InChI is InChI=1S/C31H38Cl2N12O/c1-17(2)45(31(46)39-41-38-30(33)34)22-8-10-43(11-9-22)16-44-19(4)26(27-23-15-35-37-24(23)12-18(3)28(27)32)29(40-44)20-6-7-25-21(13-20)14-36-42(25)5/h6-7,12-15,17,22,41H,8-11,16H2,1-5H3,(H2,34,38)(H,35,37)(H,39,46). The minimum atomic E-state index is -0.279. The van der Waals surface area contributed by atoms with Gasteiger partial charge in [-0.2, -0.15) is 15.3 Å². The number of nitrogens with one attached hydrogen (secondary N) is 3. The molecular formula is C31H38Cl2N12O. The lowest BCUT2D eigenvalue weighted by atomic mass is 9.94. The van der Waals surface area contributed by atoms with Crippen molar-refractivity contribution in [1.29, 1.82) is 0 Å². The van der Waals surface area contributed by atoms with Crippen molar-refractivity contribution >= 4 is 56.3 Å². The highest BCUT2D eigenvalue weighted by Gasteiger charge is 2.31. The number of hydrazone groups is 1. The predicted octanol–water partition coefficient (Wildman–Crippen LogP) is 5.07. The Labute approximate surface area is 276 Å². The van der Waals surface area contributed by atoms with Crippen molar-refractivity contribution in [2.24, 2.45) is 17.9 Å². The molecule has 0 aliphatic carbocycles. The summed E-state index contributed by atoms with van der Waals surface area (Å²) >= 11 is 12.6. The molecule has 2 aromatic carbocycles. The van der Waals surface area contributed by atoms with Crippen LogP contribution in [0, 0.1) is 13.8 Å². The van der Waals surface area contributed by atoms with Crippen LogP contribution in [-0.4, -0.2) is 76.1 Å². The first-order valence-electron chi connectivity index (χ1n) is 15.2. The fraction of sp³-hybridized carbons (Fsp3) is 0.387. The Balaban J connectivity index is 1.31. The van der Waals surface area contributed by atoms with Crippen LogP contribution in [0.3, 0.4) is 0 Å². The highest BCUT2D eigenvalue weighted by molar-refractivity contribution is 6.64. The summed E-state index contributed by atoms with van der Waals surface area (Å²) in [5.41, 5.74) is 18.0. The fourth-order valence-electron chi connectivity index (χ4n) is 6.49. The van der Waals surface area contributed by atoms with Gasteiger partial charge >= 0.3 is 6.03 Å². The summed E-state index contributed by atoms with van der Waals surface area (Å²) in [6, 6.07) is 8.10. The van der Waals surface area contributed by atoms with Crippen LogP contribution in [0.5, 0.6) is 0 Å². The van der Waals surface area contributed by atoms with Gasteiger partial charge in [-0.15, -0.1) is 5.10 Å². The molecule has 0 saturated carbocycles. The Morgan fingerprint density at radius 1 is 1.20 bits per heavy atom. The molecule has 4 heterocycles. The largest absolute Gasteiger partial charge is 0.373 e. The van der Waals surface area contributed by atoms with Crippen LogP contribution in [0.25, 0.3) is 44.2 Å². The molecule has 0 bridgehead atoms. The molecule has 6 rings (SSSR count). The summed E-state index contributed by atoms with van der Waals surface area (Å²) in [5.74, 6) is 0. The molecule has 3 aromatic heterocycles. The van der Waals surface area contributed by atoms with E-state index < -0.39 is 0 Å². The quantitative estimate of drug-likeness (QED) is 0.0783. The number of aromatic nitrogens is 6. The molecule has 0 radical (unpaired) electrons. The predicted molar refractivity (Wildman–Crippen MR) is 182 cm³/mol. The number of piperidine rings is 1. The van der Waals surface area contributed by atoms with E-state index in [1.165, 1.54) is 0 Å². The summed E-state index contributed by atoms with van der Waals surface area (Å²) in [5, 5.41) is 23.2. The van der Waals surface area contributed by atoms with E-state index in [2.05, 4.69) is 66.1 Å². The number of aromatic amines is 1. The van der Waals surface area contributed by atoms with Crippen molar-refractivity contribution < 1.29 is 4.79 Å². The van der Waals surface area contributed by atoms with E-state index in [1.807, 2.05) is 55.9 Å². The molecule has 46 heavy (non-hydrogen) atoms. The van der Waals surface area contributed by atoms with E-state index in [0.717, 1.165) is 81.4 Å². The minimum absolute atomic E-state index is 0.00913. The molecule has 5 N–H and O–H groups in total. The van der Waals surface area contributed by atoms with E-state index in [1.54, 1.807) is 0 Å². The van der Waals surface area contributed by atoms with Crippen LogP contribution in [0.2, 0.25) is 5.02 Å². The van der Waals surface area contributed by atoms with Gasteiger partial charge in [0.2, 0.25) is 5.29 Å². The Bertz CT molecular complexity index is 1930. The second-order valence-electron chi connectivity index (χ2n) is 12.0. The zero-order valence-corrected chi connectivity index (χ0v) is 28.0. The maximum Gasteiger partial charge on any atom is 0.337 e. The van der Waals surface area contributed by atoms with Gasteiger partial charge in [0.25, 0.3) is 0 Å². The number of likely N-dealkylation sites (tertiary alicyclic amines) is 1. The van der Waals surface area contributed by atoms with Crippen LogP contribution in [-0.2, 0) is 13.7 Å². The second kappa shape index (κ2) is 12.8. The summed E-state index contributed by atoms with van der Waals surface area (Å²) in [6.45, 7) is 10.3. The molecule has 0 spiro atoms. The van der Waals surface area contributed by atoms with Crippen LogP contribution >= 0.6 is 23.2 Å². The van der Waals surface area contributed by atoms with Crippen molar-refractivity contribution in [1.82, 2.24) is 50.5 Å². The first kappa shape index (κ1) is 31.6. The summed E-state index contributed by atoms with van der Waals surface area (Å²) in [4.78, 5) is 17.2. The van der Waals surface area contributed by atoms with Gasteiger partial charge in [0, 0.05) is 65.4 Å². The number of hydrogen-bond acceptors (Lipinski definition) is 7. The van der Waals surface area contributed by atoms with Crippen LogP contribution in [0.1, 0.15) is 37.9 Å². The average molecular weight is 666 g/mol. The van der Waals surface area contributed by atoms with Gasteiger partial charge in [0.05, 0.1) is 35.1 Å². The number of nitrogens with two attached hydrogens (primary N) is 1. The molecule has 1 aliphatic rings. The molecule has 13 nitrogen and oxygen atoms in total. The number of amides is 2. The third-order valence-corrected chi connectivity index (χ3v) is 9.31. The number of carbonyl (C=O) groups excluding carboxylic acids is 1. The number of benzene rings is 2. The number of nitrogens with zero attached hydrogens (tertiary/aromatic N) is 8. The van der Waals surface area contributed by atoms with Gasteiger partial charge in [-0.25, -0.2) is 15.8 Å². The Hall–Kier alpha value is -4.33. The Morgan fingerprint density at radius 3 is 2.67 bits per heavy atom. The van der Waals surface area contributed by atoms with E-state index in [-0.39, 0.29) is 23.4 Å². The SMILES string of the molecule is Cc1cc2[nH]ncc2c(-c2c(-c3ccc4c(cnn4C)c3)nn(CN3CCC(N(C(=O)NN/N=C(\N)Cl)C(C)C)CC3)c2C)c1Cl. The van der Waals surface area contributed by atoms with E-state index in [4.69, 9.17) is 34.0 Å². The number of hydrazine groups is 1. The Morgan fingerprint density at radius 2 is 1.96 bits per heavy atom. The molecule has 242 valence electrons. The first-order valence-corrected chi connectivity index (χ1v) is 16.0. The molecule has 0 atom stereocenters. The van der Waals surface area contributed by atoms with Gasteiger partial charge in [-0.3, -0.25) is 19.4 Å². The third-order valence-electron chi connectivity index (χ3n) is 8.74. The summed E-state index contributed by atoms with van der Waals surface area (Å²) in [7, 11) is 1.94. The maximum atomic E-state index is 12.9. The van der Waals surface area contributed by atoms with Crippen molar-refractivity contribution in [2.75, 3.05) is 13.1 Å². The van der Waals surface area contributed by atoms with Gasteiger partial charge in [0.15, 0.2) is 0 Å². The number of urea groups is 1. The highest BCUT2D eigenvalue weighted by Crippen LogP contribution is 2.43. The average Bonchev–Trinajstić information content (AvgIpc) is 3.72. The summed E-state index contributed by atoms with van der Waals surface area (Å²) < 4.78 is 3.93. The Kier molecular flexibility index (Phi) is 8.82. The van der Waals surface area contributed by atoms with Crippen molar-refractivity contribution in [3.63, 3.8) is 0 Å². The molecular weight excluding hydrogens is 627 g/mol. The van der Waals surface area contributed by atoms with Crippen molar-refractivity contribution in [3.8, 4) is 22.4 Å². The van der Waals surface area contributed by atoms with E-state index in [0.29, 0.717) is 11.7 Å². The number of amidine groups is 1. The molecule has 1 fully saturated rings. The topological polar surface area (TPSA) is 150 Å². The lowest BCUT2D eigenvalue weighted by Crippen LogP contribution is -2.55. The van der Waals surface area contributed by atoms with E-state index in [9.17, 15) is 4.79 Å². The number of halogens is 2. The lowest BCUT2D eigenvalue weighted by molar-refractivity contribution is 0.0857. The number of fused-ring (bicyclic) bond motifs is 2. The van der Waals surface area contributed by atoms with Gasteiger partial charge in [0.1, 0.15) is 5.69 Å². The van der Waals surface area contributed by atoms with Crippen molar-refractivity contribution in [3.05, 3.63) is 52.9 Å². The molecule has 15 heteroatoms. The lowest BCUT2D eigenvalue weighted by Gasteiger charge is -2.40. The van der Waals surface area contributed by atoms with Gasteiger partial charge in [-0.1, -0.05) is 17.7 Å². The smallest absolute Gasteiger partial charge is 0.337 e. The van der Waals surface area contributed by atoms with Gasteiger partial charge in [-0.05, 0) is 75.9 Å². The number of hydrogen-bond donors (Lipinski definition) is 4. The van der Waals surface area contributed by atoms with Crippen molar-refractivity contribution in [2.45, 2.75) is 59.3 Å². The zero-order valence-electron chi connectivity index (χ0n) is 26.5. The first-order chi connectivity index (χ1) is 22.0. The number of aryl methyl sites for hydroxylation is 2. The second-order valence-corrected chi connectivity index (χ2v) is 12.8. The fourth-order valence-corrected chi connectivity index (χ4v) is 6.78. The van der Waals surface area contributed by atoms with Gasteiger partial charge < -0.3 is 10.6 Å². The summed E-state index contributed by atoms with van der Waals surface area (Å²) in [6.07, 6.45) is 5.32. The normalized spacial score (nSPS) is 14.9. The maximum absolute atomic E-state index is 12.9. The van der Waals surface area contributed by atoms with Crippen LogP contribution in [0.4, 0.5) is 4.79 Å². The molecule has 2 amide bonds.